The van der Waals surface area contributed by atoms with Crippen molar-refractivity contribution in [3.05, 3.63) is 23.3 Å². The summed E-state index contributed by atoms with van der Waals surface area (Å²) in [6.45, 7) is 11.1. The normalized spacial score (nSPS) is 36.9. The Bertz CT molecular complexity index is 1090. The quantitative estimate of drug-likeness (QED) is 0.660. The molecule has 0 aromatic heterocycles. The standard InChI is InChI=1S/C26H37NO5S/c1-24(2)7-5-8-25(3)20(24)6-9-26(4)21(25)16-33(30,31)19-15-17(28)14-18(22(19)26)23(29)27-10-12-32-13-11-27/h14-15,20-21,28H,5-13,16H2,1-4H3/t20-,21+,25-,26+/m0/s1. The van der Waals surface area contributed by atoms with E-state index in [2.05, 4.69) is 27.7 Å². The van der Waals surface area contributed by atoms with Crippen LogP contribution in [-0.2, 0) is 20.0 Å². The van der Waals surface area contributed by atoms with E-state index in [4.69, 9.17) is 4.74 Å². The van der Waals surface area contributed by atoms with Crippen LogP contribution in [0.2, 0.25) is 0 Å². The summed E-state index contributed by atoms with van der Waals surface area (Å²) in [7, 11) is -3.64. The highest BCUT2D eigenvalue weighted by Crippen LogP contribution is 2.67. The van der Waals surface area contributed by atoms with Gasteiger partial charge in [0.2, 0.25) is 0 Å². The first-order valence-electron chi connectivity index (χ1n) is 12.4. The molecule has 182 valence electrons. The van der Waals surface area contributed by atoms with Crippen molar-refractivity contribution in [3.8, 4) is 5.75 Å². The zero-order valence-electron chi connectivity index (χ0n) is 20.3. The number of morpholine rings is 1. The average Bonchev–Trinajstić information content (AvgIpc) is 2.74. The zero-order chi connectivity index (χ0) is 23.8. The summed E-state index contributed by atoms with van der Waals surface area (Å²) >= 11 is 0. The second-order valence-corrected chi connectivity index (χ2v) is 14.0. The maximum atomic E-state index is 13.7. The smallest absolute Gasteiger partial charge is 0.254 e. The van der Waals surface area contributed by atoms with Crippen molar-refractivity contribution in [2.24, 2.45) is 22.7 Å². The molecule has 0 bridgehead atoms. The third kappa shape index (κ3) is 3.36. The Hall–Kier alpha value is -1.60. The Morgan fingerprint density at radius 3 is 2.45 bits per heavy atom. The number of phenols is 1. The number of carbonyl (C=O) groups excluding carboxylic acids is 1. The lowest BCUT2D eigenvalue weighted by molar-refractivity contribution is -0.0982. The number of ether oxygens (including phenoxy) is 1. The van der Waals surface area contributed by atoms with Crippen molar-refractivity contribution < 1.29 is 23.1 Å². The van der Waals surface area contributed by atoms with Crippen molar-refractivity contribution in [2.45, 2.75) is 70.1 Å². The highest BCUT2D eigenvalue weighted by atomic mass is 32.2. The van der Waals surface area contributed by atoms with Crippen LogP contribution in [0.5, 0.6) is 5.75 Å². The summed E-state index contributed by atoms with van der Waals surface area (Å²) in [6.07, 6.45) is 5.19. The van der Waals surface area contributed by atoms with Crippen LogP contribution in [0.3, 0.4) is 0 Å². The molecule has 0 radical (unpaired) electrons. The fourth-order valence-corrected chi connectivity index (χ4v) is 10.5. The molecule has 7 heteroatoms. The molecular formula is C26H37NO5S. The molecule has 33 heavy (non-hydrogen) atoms. The summed E-state index contributed by atoms with van der Waals surface area (Å²) in [4.78, 5) is 15.6. The second kappa shape index (κ2) is 7.45. The molecule has 2 heterocycles. The van der Waals surface area contributed by atoms with Gasteiger partial charge in [-0.25, -0.2) is 8.42 Å². The monoisotopic (exact) mass is 475 g/mol. The lowest BCUT2D eigenvalue weighted by atomic mass is 9.42. The van der Waals surface area contributed by atoms with Gasteiger partial charge in [-0.2, -0.15) is 0 Å². The van der Waals surface area contributed by atoms with Gasteiger partial charge in [-0.1, -0.05) is 34.1 Å². The summed E-state index contributed by atoms with van der Waals surface area (Å²) in [5.74, 6) is 0.146. The second-order valence-electron chi connectivity index (χ2n) is 12.0. The van der Waals surface area contributed by atoms with Gasteiger partial charge in [0.25, 0.3) is 5.91 Å². The molecule has 4 aliphatic rings. The van der Waals surface area contributed by atoms with Gasteiger partial charge in [0.05, 0.1) is 23.9 Å². The molecule has 2 aliphatic carbocycles. The van der Waals surface area contributed by atoms with Crippen LogP contribution in [0.15, 0.2) is 17.0 Å². The van der Waals surface area contributed by atoms with E-state index >= 15 is 0 Å². The molecule has 1 aromatic carbocycles. The van der Waals surface area contributed by atoms with Gasteiger partial charge in [-0.05, 0) is 71.5 Å². The number of hydrogen-bond acceptors (Lipinski definition) is 5. The third-order valence-electron chi connectivity index (χ3n) is 9.70. The van der Waals surface area contributed by atoms with Crippen molar-refractivity contribution in [1.82, 2.24) is 4.90 Å². The molecule has 2 aliphatic heterocycles. The molecular weight excluding hydrogens is 438 g/mol. The predicted molar refractivity (Wildman–Crippen MR) is 126 cm³/mol. The maximum Gasteiger partial charge on any atom is 0.254 e. The highest BCUT2D eigenvalue weighted by Gasteiger charge is 2.62. The summed E-state index contributed by atoms with van der Waals surface area (Å²) in [6, 6.07) is 2.88. The minimum atomic E-state index is -3.64. The number of benzene rings is 1. The molecule has 1 saturated heterocycles. The van der Waals surface area contributed by atoms with Gasteiger partial charge in [0, 0.05) is 18.7 Å². The van der Waals surface area contributed by atoms with Crippen molar-refractivity contribution in [1.29, 1.82) is 0 Å². The van der Waals surface area contributed by atoms with Crippen molar-refractivity contribution >= 4 is 15.7 Å². The molecule has 3 fully saturated rings. The first-order chi connectivity index (χ1) is 15.4. The lowest BCUT2D eigenvalue weighted by Crippen LogP contribution is -2.60. The van der Waals surface area contributed by atoms with Crippen molar-refractivity contribution in [3.63, 3.8) is 0 Å². The number of carbonyl (C=O) groups is 1. The molecule has 2 saturated carbocycles. The van der Waals surface area contributed by atoms with E-state index in [9.17, 15) is 18.3 Å². The number of rotatable bonds is 1. The van der Waals surface area contributed by atoms with Crippen LogP contribution in [0.4, 0.5) is 0 Å². The van der Waals surface area contributed by atoms with E-state index in [1.807, 2.05) is 0 Å². The number of phenolic OH excluding ortho intramolecular Hbond substituents is 1. The van der Waals surface area contributed by atoms with Crippen LogP contribution in [0.1, 0.15) is 75.7 Å². The molecule has 0 unspecified atom stereocenters. The van der Waals surface area contributed by atoms with E-state index in [0.29, 0.717) is 43.3 Å². The Morgan fingerprint density at radius 2 is 1.76 bits per heavy atom. The Morgan fingerprint density at radius 1 is 1.06 bits per heavy atom. The van der Waals surface area contributed by atoms with Gasteiger partial charge in [0.1, 0.15) is 5.75 Å². The summed E-state index contributed by atoms with van der Waals surface area (Å²) in [5, 5.41) is 10.5. The molecule has 1 aromatic rings. The molecule has 1 N–H and O–H groups in total. The van der Waals surface area contributed by atoms with Crippen LogP contribution >= 0.6 is 0 Å². The van der Waals surface area contributed by atoms with E-state index < -0.39 is 15.3 Å². The zero-order valence-corrected chi connectivity index (χ0v) is 21.1. The molecule has 1 amide bonds. The molecule has 5 rings (SSSR count). The topological polar surface area (TPSA) is 83.9 Å². The number of fused-ring (bicyclic) bond motifs is 5. The SMILES string of the molecule is CC1(C)CCC[C@]2(C)[C@H]3CS(=O)(=O)c4cc(O)cc(C(=O)N5CCOCC5)c4[C@]3(C)CC[C@@H]12. The van der Waals surface area contributed by atoms with Gasteiger partial charge >= 0.3 is 0 Å². The van der Waals surface area contributed by atoms with Crippen LogP contribution in [0, 0.1) is 22.7 Å². The fourth-order valence-electron chi connectivity index (χ4n) is 8.17. The maximum absolute atomic E-state index is 13.7. The minimum absolute atomic E-state index is 0.0541. The number of hydrogen-bond donors (Lipinski definition) is 1. The van der Waals surface area contributed by atoms with Gasteiger partial charge in [0.15, 0.2) is 9.84 Å². The number of sulfone groups is 1. The van der Waals surface area contributed by atoms with Crippen LogP contribution in [0.25, 0.3) is 0 Å². The van der Waals surface area contributed by atoms with Crippen molar-refractivity contribution in [2.75, 3.05) is 32.1 Å². The first-order valence-corrected chi connectivity index (χ1v) is 14.0. The Balaban J connectivity index is 1.70. The Labute approximate surface area is 197 Å². The molecule has 6 nitrogen and oxygen atoms in total. The first kappa shape index (κ1) is 23.2. The van der Waals surface area contributed by atoms with E-state index in [-0.39, 0.29) is 39.1 Å². The largest absolute Gasteiger partial charge is 0.508 e. The van der Waals surface area contributed by atoms with Gasteiger partial charge in [-0.15, -0.1) is 0 Å². The van der Waals surface area contributed by atoms with E-state index in [0.717, 1.165) is 25.7 Å². The highest BCUT2D eigenvalue weighted by molar-refractivity contribution is 7.91. The molecule has 4 atom stereocenters. The minimum Gasteiger partial charge on any atom is -0.508 e. The van der Waals surface area contributed by atoms with Gasteiger partial charge < -0.3 is 14.7 Å². The predicted octanol–water partition coefficient (Wildman–Crippen LogP) is 4.15. The number of amides is 1. The van der Waals surface area contributed by atoms with Crippen LogP contribution in [-0.4, -0.2) is 56.4 Å². The summed E-state index contributed by atoms with van der Waals surface area (Å²) < 4.78 is 32.8. The third-order valence-corrected chi connectivity index (χ3v) is 11.5. The molecule has 0 spiro atoms. The Kier molecular flexibility index (Phi) is 5.23. The number of nitrogens with zero attached hydrogens (tertiary/aromatic N) is 1. The average molecular weight is 476 g/mol. The lowest BCUT2D eigenvalue weighted by Gasteiger charge is -2.64. The van der Waals surface area contributed by atoms with E-state index in [1.165, 1.54) is 18.6 Å². The summed E-state index contributed by atoms with van der Waals surface area (Å²) in [5.41, 5.74) is 0.664. The van der Waals surface area contributed by atoms with Crippen LogP contribution < -0.4 is 0 Å². The fraction of sp³-hybridized carbons (Fsp3) is 0.731. The number of aromatic hydroxyl groups is 1. The van der Waals surface area contributed by atoms with Gasteiger partial charge in [-0.3, -0.25) is 4.79 Å². The van der Waals surface area contributed by atoms with E-state index in [1.54, 1.807) is 4.90 Å².